The van der Waals surface area contributed by atoms with Crippen LogP contribution < -0.4 is 0 Å². The van der Waals surface area contributed by atoms with E-state index in [1.807, 2.05) is 18.2 Å². The van der Waals surface area contributed by atoms with E-state index in [0.29, 0.717) is 5.56 Å². The number of hydrogen-bond donors (Lipinski definition) is 0. The van der Waals surface area contributed by atoms with Gasteiger partial charge in [-0.1, -0.05) is 6.07 Å². The molecule has 0 N–H and O–H groups in total. The lowest BCUT2D eigenvalue weighted by Crippen LogP contribution is -2.14. The second-order valence-corrected chi connectivity index (χ2v) is 5.45. The maximum atomic E-state index is 10.5. The topological polar surface area (TPSA) is 20.3 Å². The van der Waals surface area contributed by atoms with Crippen molar-refractivity contribution in [1.82, 2.24) is 4.90 Å². The van der Waals surface area contributed by atoms with Gasteiger partial charge in [-0.05, 0) is 42.2 Å². The highest BCUT2D eigenvalue weighted by Crippen LogP contribution is 2.27. The first kappa shape index (κ1) is 12.7. The fraction of sp³-hybridized carbons (Fsp3) is 0.364. The van der Waals surface area contributed by atoms with Crippen LogP contribution in [0, 0.1) is 0 Å². The molecule has 15 heavy (non-hydrogen) atoms. The summed E-state index contributed by atoms with van der Waals surface area (Å²) in [4.78, 5) is 13.9. The van der Waals surface area contributed by atoms with Crippen molar-refractivity contribution in [2.45, 2.75) is 4.90 Å². The minimum atomic E-state index is 0.707. The smallest absolute Gasteiger partial charge is 0.150 e. The number of halogens is 1. The van der Waals surface area contributed by atoms with Crippen LogP contribution in [0.5, 0.6) is 0 Å². The van der Waals surface area contributed by atoms with Crippen molar-refractivity contribution in [3.05, 3.63) is 28.2 Å². The lowest BCUT2D eigenvalue weighted by atomic mass is 10.2. The first-order valence-electron chi connectivity index (χ1n) is 4.65. The molecule has 0 heterocycles. The summed E-state index contributed by atoms with van der Waals surface area (Å²) in [6, 6.07) is 5.68. The second-order valence-electron chi connectivity index (χ2n) is 3.46. The Morgan fingerprint density at radius 2 is 2.20 bits per heavy atom. The van der Waals surface area contributed by atoms with Crippen molar-refractivity contribution in [2.24, 2.45) is 0 Å². The first-order valence-corrected chi connectivity index (χ1v) is 6.43. The lowest BCUT2D eigenvalue weighted by molar-refractivity contribution is 0.112. The molecule has 0 spiro atoms. The molecule has 0 aliphatic heterocycles. The van der Waals surface area contributed by atoms with Crippen LogP contribution in [0.15, 0.2) is 27.6 Å². The molecular formula is C11H14BrNOS. The average Bonchev–Trinajstić information content (AvgIpc) is 2.20. The molecule has 2 nitrogen and oxygen atoms in total. The number of thioether (sulfide) groups is 1. The Hall–Kier alpha value is -0.320. The summed E-state index contributed by atoms with van der Waals surface area (Å²) in [6.07, 6.45) is 0.860. The monoisotopic (exact) mass is 287 g/mol. The minimum Gasteiger partial charge on any atom is -0.309 e. The summed E-state index contributed by atoms with van der Waals surface area (Å²) in [7, 11) is 4.12. The molecule has 0 atom stereocenters. The van der Waals surface area contributed by atoms with Crippen LogP contribution in [-0.4, -0.2) is 37.6 Å². The van der Waals surface area contributed by atoms with Gasteiger partial charge in [-0.15, -0.1) is 11.8 Å². The molecule has 0 amide bonds. The summed E-state index contributed by atoms with van der Waals surface area (Å²) in [5.74, 6) is 1.05. The molecule has 4 heteroatoms. The normalized spacial score (nSPS) is 10.7. The molecule has 0 saturated heterocycles. The average molecular weight is 288 g/mol. The molecule has 0 radical (unpaired) electrons. The highest BCUT2D eigenvalue weighted by Gasteiger charge is 2.02. The molecular weight excluding hydrogens is 274 g/mol. The van der Waals surface area contributed by atoms with Crippen molar-refractivity contribution in [2.75, 3.05) is 26.4 Å². The highest BCUT2D eigenvalue weighted by atomic mass is 79.9. The van der Waals surface area contributed by atoms with Gasteiger partial charge in [0.15, 0.2) is 0 Å². The fourth-order valence-corrected chi connectivity index (χ4v) is 2.82. The highest BCUT2D eigenvalue weighted by molar-refractivity contribution is 9.10. The Labute approximate surface area is 103 Å². The predicted octanol–water partition coefficient (Wildman–Crippen LogP) is 2.92. The quantitative estimate of drug-likeness (QED) is 0.614. The van der Waals surface area contributed by atoms with Crippen molar-refractivity contribution < 1.29 is 4.79 Å². The summed E-state index contributed by atoms with van der Waals surface area (Å²) in [5.41, 5.74) is 0.707. The first-order chi connectivity index (χ1) is 7.13. The van der Waals surface area contributed by atoms with Crippen LogP contribution in [0.4, 0.5) is 0 Å². The van der Waals surface area contributed by atoms with Crippen LogP contribution in [-0.2, 0) is 0 Å². The molecule has 0 saturated carbocycles. The number of rotatable bonds is 5. The van der Waals surface area contributed by atoms with Gasteiger partial charge in [0.2, 0.25) is 0 Å². The zero-order chi connectivity index (χ0) is 11.3. The molecule has 0 aromatic heterocycles. The zero-order valence-corrected chi connectivity index (χ0v) is 11.3. The third-order valence-corrected chi connectivity index (χ3v) is 3.86. The van der Waals surface area contributed by atoms with E-state index in [-0.39, 0.29) is 0 Å². The van der Waals surface area contributed by atoms with Crippen LogP contribution in [0.25, 0.3) is 0 Å². The van der Waals surface area contributed by atoms with Crippen molar-refractivity contribution in [3.8, 4) is 0 Å². The van der Waals surface area contributed by atoms with Gasteiger partial charge < -0.3 is 4.90 Å². The summed E-state index contributed by atoms with van der Waals surface area (Å²) < 4.78 is 0.996. The Bertz CT molecular complexity index is 341. The lowest BCUT2D eigenvalue weighted by Gasteiger charge is -2.09. The molecule has 0 aliphatic carbocycles. The van der Waals surface area contributed by atoms with Gasteiger partial charge in [0, 0.05) is 27.2 Å². The van der Waals surface area contributed by atoms with Crippen LogP contribution in [0.2, 0.25) is 0 Å². The van der Waals surface area contributed by atoms with E-state index in [2.05, 4.69) is 34.9 Å². The Morgan fingerprint density at radius 1 is 1.47 bits per heavy atom. The van der Waals surface area contributed by atoms with Crippen molar-refractivity contribution >= 4 is 34.0 Å². The van der Waals surface area contributed by atoms with E-state index >= 15 is 0 Å². The minimum absolute atomic E-state index is 0.707. The van der Waals surface area contributed by atoms with Crippen LogP contribution in [0.1, 0.15) is 10.4 Å². The van der Waals surface area contributed by atoms with Gasteiger partial charge in [-0.25, -0.2) is 0 Å². The van der Waals surface area contributed by atoms with E-state index < -0.39 is 0 Å². The van der Waals surface area contributed by atoms with E-state index in [1.54, 1.807) is 11.8 Å². The van der Waals surface area contributed by atoms with Crippen molar-refractivity contribution in [1.29, 1.82) is 0 Å². The van der Waals surface area contributed by atoms with Gasteiger partial charge in [0.25, 0.3) is 0 Å². The zero-order valence-electron chi connectivity index (χ0n) is 8.87. The summed E-state index contributed by atoms with van der Waals surface area (Å²) in [6.45, 7) is 1.05. The van der Waals surface area contributed by atoms with Crippen LogP contribution in [0.3, 0.4) is 0 Å². The van der Waals surface area contributed by atoms with E-state index in [4.69, 9.17) is 0 Å². The Kier molecular flexibility index (Phi) is 5.36. The molecule has 0 unspecified atom stereocenters. The molecule has 0 aliphatic rings. The van der Waals surface area contributed by atoms with E-state index in [9.17, 15) is 4.79 Å². The SMILES string of the molecule is CN(C)CCSc1ccc(C=O)cc1Br. The van der Waals surface area contributed by atoms with E-state index in [1.165, 1.54) is 4.90 Å². The van der Waals surface area contributed by atoms with Gasteiger partial charge in [-0.3, -0.25) is 4.79 Å². The van der Waals surface area contributed by atoms with E-state index in [0.717, 1.165) is 23.1 Å². The molecule has 0 fully saturated rings. The summed E-state index contributed by atoms with van der Waals surface area (Å²) in [5, 5.41) is 0. The number of nitrogens with zero attached hydrogens (tertiary/aromatic N) is 1. The Morgan fingerprint density at radius 3 is 2.73 bits per heavy atom. The molecule has 1 rings (SSSR count). The number of carbonyl (C=O) groups is 1. The molecule has 1 aromatic carbocycles. The van der Waals surface area contributed by atoms with Gasteiger partial charge >= 0.3 is 0 Å². The largest absolute Gasteiger partial charge is 0.309 e. The summed E-state index contributed by atoms with van der Waals surface area (Å²) >= 11 is 5.25. The van der Waals surface area contributed by atoms with Gasteiger partial charge in [0.05, 0.1) is 0 Å². The fourth-order valence-electron chi connectivity index (χ4n) is 1.05. The van der Waals surface area contributed by atoms with Gasteiger partial charge in [0.1, 0.15) is 6.29 Å². The van der Waals surface area contributed by atoms with Gasteiger partial charge in [-0.2, -0.15) is 0 Å². The third kappa shape index (κ3) is 4.36. The third-order valence-electron chi connectivity index (χ3n) is 1.89. The van der Waals surface area contributed by atoms with Crippen molar-refractivity contribution in [3.63, 3.8) is 0 Å². The number of benzene rings is 1. The molecule has 82 valence electrons. The number of aldehydes is 1. The standard InChI is InChI=1S/C11H14BrNOS/c1-13(2)5-6-15-11-4-3-9(8-14)7-10(11)12/h3-4,7-8H,5-6H2,1-2H3. The Balaban J connectivity index is 2.58. The molecule has 1 aromatic rings. The molecule has 0 bridgehead atoms. The van der Waals surface area contributed by atoms with Crippen LogP contribution >= 0.6 is 27.7 Å². The second kappa shape index (κ2) is 6.30. The number of hydrogen-bond acceptors (Lipinski definition) is 3. The predicted molar refractivity (Wildman–Crippen MR) is 68.8 cm³/mol. The number of carbonyl (C=O) groups excluding carboxylic acids is 1. The maximum absolute atomic E-state index is 10.5. The maximum Gasteiger partial charge on any atom is 0.150 e.